The van der Waals surface area contributed by atoms with E-state index in [1.165, 1.54) is 0 Å². The van der Waals surface area contributed by atoms with Crippen LogP contribution in [-0.4, -0.2) is 5.78 Å². The number of benzene rings is 1. The molecule has 14 heavy (non-hydrogen) atoms. The van der Waals surface area contributed by atoms with Gasteiger partial charge in [0.1, 0.15) is 5.78 Å². The number of hydrogen-bond donors (Lipinski definition) is 0. The zero-order valence-corrected chi connectivity index (χ0v) is 10.2. The van der Waals surface area contributed by atoms with Crippen molar-refractivity contribution in [1.82, 2.24) is 0 Å². The largest absolute Gasteiger partial charge is 0.299 e. The molecule has 1 saturated carbocycles. The fraction of sp³-hybridized carbons (Fsp3) is 0.364. The quantitative estimate of drug-likeness (QED) is 0.802. The minimum absolute atomic E-state index is 0.220. The van der Waals surface area contributed by atoms with Crippen LogP contribution in [0.2, 0.25) is 5.02 Å². The van der Waals surface area contributed by atoms with E-state index in [-0.39, 0.29) is 11.2 Å². The molecule has 1 aliphatic rings. The first-order valence-corrected chi connectivity index (χ1v) is 5.70. The van der Waals surface area contributed by atoms with E-state index in [2.05, 4.69) is 15.9 Å². The van der Waals surface area contributed by atoms with Gasteiger partial charge in [-0.3, -0.25) is 4.79 Å². The summed E-state index contributed by atoms with van der Waals surface area (Å²) in [6.07, 6.45) is 1.86. The van der Waals surface area contributed by atoms with Crippen LogP contribution in [0, 0.1) is 0 Å². The minimum Gasteiger partial charge on any atom is -0.299 e. The van der Waals surface area contributed by atoms with Crippen molar-refractivity contribution in [2.45, 2.75) is 25.2 Å². The molecule has 0 heterocycles. The van der Waals surface area contributed by atoms with Gasteiger partial charge in [-0.1, -0.05) is 27.5 Å². The fourth-order valence-electron chi connectivity index (χ4n) is 1.80. The Morgan fingerprint density at radius 3 is 2.64 bits per heavy atom. The second-order valence-corrected chi connectivity index (χ2v) is 5.09. The van der Waals surface area contributed by atoms with E-state index in [1.807, 2.05) is 18.2 Å². The first-order chi connectivity index (χ1) is 6.56. The van der Waals surface area contributed by atoms with Crippen molar-refractivity contribution >= 4 is 33.3 Å². The van der Waals surface area contributed by atoms with Crippen molar-refractivity contribution in [1.29, 1.82) is 0 Å². The zero-order valence-electron chi connectivity index (χ0n) is 7.81. The summed E-state index contributed by atoms with van der Waals surface area (Å²) in [5.74, 6) is 0.220. The zero-order chi connectivity index (χ0) is 10.3. The summed E-state index contributed by atoms with van der Waals surface area (Å²) in [5, 5.41) is 0.695. The van der Waals surface area contributed by atoms with Gasteiger partial charge in [0.05, 0.1) is 5.41 Å². The van der Waals surface area contributed by atoms with Gasteiger partial charge in [-0.25, -0.2) is 0 Å². The highest BCUT2D eigenvalue weighted by Crippen LogP contribution is 2.51. The Morgan fingerprint density at radius 2 is 2.14 bits per heavy atom. The average Bonchev–Trinajstić information content (AvgIpc) is 2.90. The lowest BCUT2D eigenvalue weighted by molar-refractivity contribution is -0.119. The Labute approximate surface area is 96.6 Å². The number of carbonyl (C=O) groups excluding carboxylic acids is 1. The number of Topliss-reactive ketones (excluding diaryl/α,β-unsaturated/α-hetero) is 1. The molecule has 1 nitrogen and oxygen atoms in total. The van der Waals surface area contributed by atoms with E-state index in [0.29, 0.717) is 5.02 Å². The normalized spacial score (nSPS) is 17.9. The van der Waals surface area contributed by atoms with Crippen LogP contribution in [0.15, 0.2) is 22.7 Å². The van der Waals surface area contributed by atoms with Gasteiger partial charge in [-0.05, 0) is 43.5 Å². The van der Waals surface area contributed by atoms with E-state index in [1.54, 1.807) is 6.92 Å². The SMILES string of the molecule is CC(=O)C1(c2cc(Br)ccc2Cl)CC1. The smallest absolute Gasteiger partial charge is 0.140 e. The molecule has 2 rings (SSSR count). The number of rotatable bonds is 2. The van der Waals surface area contributed by atoms with Gasteiger partial charge in [0.25, 0.3) is 0 Å². The van der Waals surface area contributed by atoms with Crippen LogP contribution in [0.5, 0.6) is 0 Å². The molecule has 0 unspecified atom stereocenters. The van der Waals surface area contributed by atoms with Gasteiger partial charge in [-0.2, -0.15) is 0 Å². The van der Waals surface area contributed by atoms with Crippen molar-refractivity contribution in [2.75, 3.05) is 0 Å². The van der Waals surface area contributed by atoms with Crippen LogP contribution in [0.4, 0.5) is 0 Å². The second kappa shape index (κ2) is 3.35. The summed E-state index contributed by atoms with van der Waals surface area (Å²) < 4.78 is 0.976. The first-order valence-electron chi connectivity index (χ1n) is 4.53. The third-order valence-electron chi connectivity index (χ3n) is 2.87. The molecule has 0 bridgehead atoms. The third-order valence-corrected chi connectivity index (χ3v) is 3.69. The van der Waals surface area contributed by atoms with Crippen LogP contribution in [0.1, 0.15) is 25.3 Å². The molecule has 0 atom stereocenters. The van der Waals surface area contributed by atoms with Gasteiger partial charge in [0.15, 0.2) is 0 Å². The Kier molecular flexibility index (Phi) is 2.44. The Balaban J connectivity index is 2.51. The predicted octanol–water partition coefficient (Wildman–Crippen LogP) is 3.72. The molecule has 0 radical (unpaired) electrons. The van der Waals surface area contributed by atoms with E-state index in [4.69, 9.17) is 11.6 Å². The summed E-state index contributed by atoms with van der Waals surface area (Å²) >= 11 is 9.49. The summed E-state index contributed by atoms with van der Waals surface area (Å²) in [7, 11) is 0. The monoisotopic (exact) mass is 272 g/mol. The topological polar surface area (TPSA) is 17.1 Å². The van der Waals surface area contributed by atoms with Gasteiger partial charge < -0.3 is 0 Å². The Bertz CT molecular complexity index is 396. The molecule has 3 heteroatoms. The second-order valence-electron chi connectivity index (χ2n) is 3.76. The Hall–Kier alpha value is -0.340. The predicted molar refractivity (Wildman–Crippen MR) is 60.7 cm³/mol. The first kappa shape index (κ1) is 10.2. The highest BCUT2D eigenvalue weighted by atomic mass is 79.9. The van der Waals surface area contributed by atoms with Crippen molar-refractivity contribution in [3.8, 4) is 0 Å². The van der Waals surface area contributed by atoms with Crippen LogP contribution in [0.25, 0.3) is 0 Å². The summed E-state index contributed by atoms with van der Waals surface area (Å²) in [4.78, 5) is 11.5. The van der Waals surface area contributed by atoms with Crippen molar-refractivity contribution in [2.24, 2.45) is 0 Å². The fourth-order valence-corrected chi connectivity index (χ4v) is 2.46. The van der Waals surface area contributed by atoms with Crippen molar-refractivity contribution < 1.29 is 4.79 Å². The molecule has 0 amide bonds. The standard InChI is InChI=1S/C11H10BrClO/c1-7(14)11(4-5-11)9-6-8(12)2-3-10(9)13/h2-3,6H,4-5H2,1H3. The van der Waals surface area contributed by atoms with Crippen LogP contribution in [-0.2, 0) is 10.2 Å². The average molecular weight is 274 g/mol. The lowest BCUT2D eigenvalue weighted by Crippen LogP contribution is -2.17. The number of carbonyl (C=O) groups is 1. The molecule has 0 aliphatic heterocycles. The van der Waals surface area contributed by atoms with Gasteiger partial charge in [0, 0.05) is 9.50 Å². The summed E-state index contributed by atoms with van der Waals surface area (Å²) in [5.41, 5.74) is 0.696. The molecule has 1 aromatic carbocycles. The Morgan fingerprint density at radius 1 is 1.50 bits per heavy atom. The highest BCUT2D eigenvalue weighted by Gasteiger charge is 2.49. The molecular formula is C11H10BrClO. The van der Waals surface area contributed by atoms with E-state index in [0.717, 1.165) is 22.9 Å². The maximum atomic E-state index is 11.5. The highest BCUT2D eigenvalue weighted by molar-refractivity contribution is 9.10. The van der Waals surface area contributed by atoms with Crippen molar-refractivity contribution in [3.05, 3.63) is 33.3 Å². The van der Waals surface area contributed by atoms with Crippen LogP contribution in [0.3, 0.4) is 0 Å². The molecule has 74 valence electrons. The molecule has 0 N–H and O–H groups in total. The number of ketones is 1. The molecule has 0 aromatic heterocycles. The maximum absolute atomic E-state index is 11.5. The lowest BCUT2D eigenvalue weighted by Gasteiger charge is -2.13. The van der Waals surface area contributed by atoms with E-state index < -0.39 is 0 Å². The third kappa shape index (κ3) is 1.51. The van der Waals surface area contributed by atoms with Gasteiger partial charge in [-0.15, -0.1) is 0 Å². The number of halogens is 2. The lowest BCUT2D eigenvalue weighted by atomic mass is 9.92. The van der Waals surface area contributed by atoms with Crippen molar-refractivity contribution in [3.63, 3.8) is 0 Å². The van der Waals surface area contributed by atoms with Crippen LogP contribution < -0.4 is 0 Å². The summed E-state index contributed by atoms with van der Waals surface area (Å²) in [6, 6.07) is 5.68. The maximum Gasteiger partial charge on any atom is 0.140 e. The number of hydrogen-bond acceptors (Lipinski definition) is 1. The molecule has 0 saturated heterocycles. The summed E-state index contributed by atoms with van der Waals surface area (Å²) in [6.45, 7) is 1.64. The van der Waals surface area contributed by atoms with Gasteiger partial charge >= 0.3 is 0 Å². The van der Waals surface area contributed by atoms with E-state index >= 15 is 0 Å². The molecule has 1 aliphatic carbocycles. The van der Waals surface area contributed by atoms with Crippen LogP contribution >= 0.6 is 27.5 Å². The van der Waals surface area contributed by atoms with E-state index in [9.17, 15) is 4.79 Å². The molecular weight excluding hydrogens is 263 g/mol. The minimum atomic E-state index is -0.277. The molecule has 1 aromatic rings. The molecule has 0 spiro atoms. The molecule has 1 fully saturated rings. The van der Waals surface area contributed by atoms with Gasteiger partial charge in [0.2, 0.25) is 0 Å².